The first kappa shape index (κ1) is 23.4. The van der Waals surface area contributed by atoms with E-state index in [1.165, 1.54) is 22.0 Å². The smallest absolute Gasteiger partial charge is 0.235 e. The van der Waals surface area contributed by atoms with Crippen LogP contribution in [0.25, 0.3) is 10.9 Å². The van der Waals surface area contributed by atoms with Crippen molar-refractivity contribution in [1.29, 1.82) is 0 Å². The van der Waals surface area contributed by atoms with E-state index in [4.69, 9.17) is 0 Å². The largest absolute Gasteiger partial charge is 0.361 e. The van der Waals surface area contributed by atoms with Gasteiger partial charge in [0, 0.05) is 48.7 Å². The van der Waals surface area contributed by atoms with Crippen molar-refractivity contribution in [2.24, 2.45) is 5.92 Å². The second kappa shape index (κ2) is 9.24. The maximum atomic E-state index is 14.0. The summed E-state index contributed by atoms with van der Waals surface area (Å²) < 4.78 is 2.22. The number of H-pyrrole nitrogens is 1. The fraction of sp³-hybridized carbons (Fsp3) is 0.577. The molecule has 3 atom stereocenters. The number of nitrogens with one attached hydrogen (secondary N) is 1. The molecule has 5 nitrogen and oxygen atoms in total. The van der Waals surface area contributed by atoms with E-state index < -0.39 is 10.2 Å². The van der Waals surface area contributed by atoms with E-state index in [0.29, 0.717) is 17.9 Å². The molecule has 0 radical (unpaired) electrons. The molecule has 1 saturated heterocycles. The molecule has 1 aromatic carbocycles. The monoisotopic (exact) mass is 456 g/mol. The average molecular weight is 457 g/mol. The maximum absolute atomic E-state index is 14.0. The van der Waals surface area contributed by atoms with Crippen molar-refractivity contribution in [2.75, 3.05) is 59.0 Å². The van der Waals surface area contributed by atoms with Gasteiger partial charge in [-0.2, -0.15) is 10.2 Å². The van der Waals surface area contributed by atoms with Gasteiger partial charge in [0.25, 0.3) is 0 Å². The third-order valence-electron chi connectivity index (χ3n) is 7.16. The summed E-state index contributed by atoms with van der Waals surface area (Å²) in [7, 11) is 3.07. The molecule has 1 N–H and O–H groups in total. The van der Waals surface area contributed by atoms with Crippen LogP contribution in [0.5, 0.6) is 0 Å². The third kappa shape index (κ3) is 4.50. The standard InChI is InChI=1S/C26H40N4OS/c1-7-12-29-18-20(26(31)30(32(4,5)6)14-9-13-28(2)3)15-22-21-10-8-11-23-25(21)19(17-27-23)16-24(22)29/h7-8,10-11,17,20,22,24,27H,1,9,12-16,18H2,2-6H3/t20-,22-,24-/m1/s1. The number of rotatable bonds is 8. The zero-order valence-corrected chi connectivity index (χ0v) is 21.3. The van der Waals surface area contributed by atoms with E-state index in [-0.39, 0.29) is 5.92 Å². The Labute approximate surface area is 195 Å². The van der Waals surface area contributed by atoms with Crippen LogP contribution in [0.15, 0.2) is 37.1 Å². The Bertz CT molecular complexity index is 976. The Hall–Kier alpha value is -1.76. The fourth-order valence-electron chi connectivity index (χ4n) is 5.74. The van der Waals surface area contributed by atoms with Crippen LogP contribution in [0.3, 0.4) is 0 Å². The lowest BCUT2D eigenvalue weighted by Gasteiger charge is -2.49. The minimum Gasteiger partial charge on any atom is -0.361 e. The Morgan fingerprint density at radius 1 is 1.28 bits per heavy atom. The lowest BCUT2D eigenvalue weighted by atomic mass is 9.72. The van der Waals surface area contributed by atoms with Crippen molar-refractivity contribution in [1.82, 2.24) is 19.1 Å². The maximum Gasteiger partial charge on any atom is 0.235 e. The number of piperidine rings is 1. The molecular formula is C26H40N4OS. The summed E-state index contributed by atoms with van der Waals surface area (Å²) in [6.45, 7) is 7.55. The minimum atomic E-state index is -1.13. The first-order valence-electron chi connectivity index (χ1n) is 11.8. The van der Waals surface area contributed by atoms with Crippen LogP contribution in [-0.2, 0) is 11.2 Å². The number of fused-ring (bicyclic) bond motifs is 2. The van der Waals surface area contributed by atoms with Crippen molar-refractivity contribution in [3.05, 3.63) is 48.2 Å². The van der Waals surface area contributed by atoms with Gasteiger partial charge in [-0.3, -0.25) is 9.69 Å². The van der Waals surface area contributed by atoms with E-state index in [0.717, 1.165) is 45.4 Å². The molecule has 1 amide bonds. The quantitative estimate of drug-likeness (QED) is 0.609. The summed E-state index contributed by atoms with van der Waals surface area (Å²) in [5.41, 5.74) is 4.06. The zero-order valence-electron chi connectivity index (χ0n) is 20.4. The predicted molar refractivity (Wildman–Crippen MR) is 139 cm³/mol. The molecule has 2 aliphatic rings. The predicted octanol–water partition coefficient (Wildman–Crippen LogP) is 4.07. The molecule has 4 rings (SSSR count). The molecule has 1 aromatic heterocycles. The molecule has 2 heterocycles. The molecule has 0 unspecified atom stereocenters. The van der Waals surface area contributed by atoms with Gasteiger partial charge < -0.3 is 14.2 Å². The zero-order chi connectivity index (χ0) is 23.0. The molecule has 6 heteroatoms. The van der Waals surface area contributed by atoms with Crippen molar-refractivity contribution in [3.8, 4) is 0 Å². The van der Waals surface area contributed by atoms with Crippen molar-refractivity contribution >= 4 is 27.0 Å². The van der Waals surface area contributed by atoms with E-state index in [9.17, 15) is 4.79 Å². The molecule has 0 spiro atoms. The van der Waals surface area contributed by atoms with Crippen LogP contribution < -0.4 is 0 Å². The molecule has 176 valence electrons. The fourth-order valence-corrected chi connectivity index (χ4v) is 7.11. The van der Waals surface area contributed by atoms with E-state index in [1.807, 2.05) is 6.08 Å². The number of benzene rings is 1. The average Bonchev–Trinajstić information content (AvgIpc) is 3.14. The van der Waals surface area contributed by atoms with Gasteiger partial charge in [0.05, 0.1) is 5.92 Å². The molecule has 2 aromatic rings. The Kier molecular flexibility index (Phi) is 6.76. The van der Waals surface area contributed by atoms with Crippen LogP contribution in [-0.4, -0.2) is 90.1 Å². The molecule has 1 aliphatic heterocycles. The topological polar surface area (TPSA) is 42.6 Å². The number of nitrogens with zero attached hydrogens (tertiary/aromatic N) is 3. The third-order valence-corrected chi connectivity index (χ3v) is 8.85. The van der Waals surface area contributed by atoms with Gasteiger partial charge in [-0.05, 0) is 75.9 Å². The summed E-state index contributed by atoms with van der Waals surface area (Å²) >= 11 is 0. The van der Waals surface area contributed by atoms with Crippen molar-refractivity contribution in [3.63, 3.8) is 0 Å². The van der Waals surface area contributed by atoms with Gasteiger partial charge in [0.1, 0.15) is 0 Å². The van der Waals surface area contributed by atoms with Gasteiger partial charge in [-0.25, -0.2) is 0 Å². The minimum absolute atomic E-state index is 0.0398. The summed E-state index contributed by atoms with van der Waals surface area (Å²) in [5, 5.41) is 1.39. The molecule has 32 heavy (non-hydrogen) atoms. The van der Waals surface area contributed by atoms with E-state index in [1.54, 1.807) is 0 Å². The number of carbonyl (C=O) groups is 1. The number of likely N-dealkylation sites (tertiary alicyclic amines) is 1. The highest BCUT2D eigenvalue weighted by Crippen LogP contribution is 2.47. The molecule has 1 fully saturated rings. The number of hydrogen-bond donors (Lipinski definition) is 1. The summed E-state index contributed by atoms with van der Waals surface area (Å²) in [6, 6.07) is 7.07. The first-order chi connectivity index (χ1) is 15.2. The number of amides is 1. The highest BCUT2D eigenvalue weighted by Gasteiger charge is 2.44. The second-order valence-electron chi connectivity index (χ2n) is 10.5. The van der Waals surface area contributed by atoms with Crippen LogP contribution in [0, 0.1) is 5.92 Å². The number of aromatic amines is 1. The normalized spacial score (nSPS) is 23.9. The van der Waals surface area contributed by atoms with Gasteiger partial charge >= 0.3 is 0 Å². The summed E-state index contributed by atoms with van der Waals surface area (Å²) in [5.74, 6) is 0.784. The van der Waals surface area contributed by atoms with Gasteiger partial charge in [-0.1, -0.05) is 18.2 Å². The van der Waals surface area contributed by atoms with Crippen LogP contribution in [0.4, 0.5) is 0 Å². The van der Waals surface area contributed by atoms with E-state index in [2.05, 4.69) is 82.9 Å². The first-order valence-corrected chi connectivity index (χ1v) is 14.6. The highest BCUT2D eigenvalue weighted by atomic mass is 32.3. The van der Waals surface area contributed by atoms with Crippen LogP contribution in [0.2, 0.25) is 0 Å². The lowest BCUT2D eigenvalue weighted by molar-refractivity contribution is -0.133. The molecule has 1 aliphatic carbocycles. The Morgan fingerprint density at radius 2 is 2.06 bits per heavy atom. The SMILES string of the molecule is C=CCN1C[C@H](C(=O)N(CCCN(C)C)S(C)(C)C)C[C@@H]2c3cccc4[nH]cc(c34)C[C@H]21. The number of hydrogen-bond acceptors (Lipinski definition) is 3. The summed E-state index contributed by atoms with van der Waals surface area (Å²) in [6.07, 6.45) is 14.0. The second-order valence-corrected chi connectivity index (χ2v) is 14.5. The van der Waals surface area contributed by atoms with Gasteiger partial charge in [0.15, 0.2) is 0 Å². The number of aromatic nitrogens is 1. The number of carbonyl (C=O) groups excluding carboxylic acids is 1. The van der Waals surface area contributed by atoms with Crippen molar-refractivity contribution < 1.29 is 4.79 Å². The molecule has 0 bridgehead atoms. The van der Waals surface area contributed by atoms with Gasteiger partial charge in [-0.15, -0.1) is 6.58 Å². The Morgan fingerprint density at radius 3 is 2.75 bits per heavy atom. The Balaban J connectivity index is 1.63. The van der Waals surface area contributed by atoms with Crippen LogP contribution in [0.1, 0.15) is 29.9 Å². The molecular weight excluding hydrogens is 416 g/mol. The van der Waals surface area contributed by atoms with Crippen molar-refractivity contribution in [2.45, 2.75) is 31.2 Å². The van der Waals surface area contributed by atoms with E-state index >= 15 is 0 Å². The van der Waals surface area contributed by atoms with Gasteiger partial charge in [0.2, 0.25) is 5.91 Å². The summed E-state index contributed by atoms with van der Waals surface area (Å²) in [4.78, 5) is 22.1. The van der Waals surface area contributed by atoms with Crippen LogP contribution >= 0.6 is 10.2 Å². The lowest BCUT2D eigenvalue weighted by Crippen LogP contribution is -2.53. The molecule has 0 saturated carbocycles. The highest BCUT2D eigenvalue weighted by molar-refractivity contribution is 8.30.